The number of nitrogens with zero attached hydrogens (tertiary/aromatic N) is 2. The fourth-order valence-corrected chi connectivity index (χ4v) is 5.77. The second kappa shape index (κ2) is 12.6. The minimum atomic E-state index is -0.185. The second-order valence-corrected chi connectivity index (χ2v) is 11.1. The molecule has 7 nitrogen and oxygen atoms in total. The summed E-state index contributed by atoms with van der Waals surface area (Å²) in [6, 6.07) is 19.1. The molecule has 3 aromatic rings. The standard InChI is InChI=1S/C33H41N5O2/c1-3-25(4-2)38-19-16-27(17-20-38)40-26-13-10-22(11-14-26)31(35)28-21-24(12-15-29(28)34)33(39)37-32(23-8-9-23)30-7-5-6-18-36-30/h5-7,10-15,18,21,23,25,27,32,35H,3-4,8-9,16-17,19-20,34H2,1-2H3,(H,37,39). The van der Waals surface area contributed by atoms with Crippen LogP contribution in [0.15, 0.2) is 66.9 Å². The molecule has 1 aliphatic carbocycles. The number of likely N-dealkylation sites (tertiary alicyclic amines) is 1. The Balaban J connectivity index is 1.22. The van der Waals surface area contributed by atoms with Crippen LogP contribution in [0.5, 0.6) is 5.75 Å². The molecule has 2 aliphatic rings. The van der Waals surface area contributed by atoms with Crippen LogP contribution in [0.1, 0.15) is 85.6 Å². The molecule has 4 N–H and O–H groups in total. The molecule has 1 atom stereocenters. The fraction of sp³-hybridized carbons (Fsp3) is 0.424. The average molecular weight is 540 g/mol. The third-order valence-electron chi connectivity index (χ3n) is 8.35. The Morgan fingerprint density at radius 1 is 1.02 bits per heavy atom. The van der Waals surface area contributed by atoms with Crippen LogP contribution in [-0.4, -0.2) is 46.7 Å². The number of aromatic nitrogens is 1. The maximum atomic E-state index is 13.2. The Labute approximate surface area is 237 Å². The van der Waals surface area contributed by atoms with E-state index in [1.807, 2.05) is 42.5 Å². The van der Waals surface area contributed by atoms with E-state index >= 15 is 0 Å². The molecule has 1 saturated heterocycles. The quantitative estimate of drug-likeness (QED) is 0.205. The maximum Gasteiger partial charge on any atom is 0.251 e. The number of nitrogens with two attached hydrogens (primary N) is 1. The number of rotatable bonds is 11. The zero-order valence-electron chi connectivity index (χ0n) is 23.6. The van der Waals surface area contributed by atoms with Crippen molar-refractivity contribution in [3.05, 3.63) is 89.2 Å². The predicted molar refractivity (Wildman–Crippen MR) is 160 cm³/mol. The lowest BCUT2D eigenvalue weighted by Crippen LogP contribution is -2.43. The first-order valence-electron chi connectivity index (χ1n) is 14.7. The number of pyridine rings is 1. The molecule has 7 heteroatoms. The molecule has 5 rings (SSSR count). The van der Waals surface area contributed by atoms with Crippen molar-refractivity contribution in [3.63, 3.8) is 0 Å². The summed E-state index contributed by atoms with van der Waals surface area (Å²) < 4.78 is 6.28. The summed E-state index contributed by atoms with van der Waals surface area (Å²) in [4.78, 5) is 20.3. The van der Waals surface area contributed by atoms with E-state index in [9.17, 15) is 4.79 Å². The van der Waals surface area contributed by atoms with Crippen molar-refractivity contribution in [1.29, 1.82) is 5.41 Å². The van der Waals surface area contributed by atoms with Gasteiger partial charge in [0.1, 0.15) is 11.9 Å². The second-order valence-electron chi connectivity index (χ2n) is 11.1. The highest BCUT2D eigenvalue weighted by molar-refractivity contribution is 6.14. The molecular weight excluding hydrogens is 498 g/mol. The zero-order chi connectivity index (χ0) is 28.1. The number of ether oxygens (including phenoxy) is 1. The monoisotopic (exact) mass is 539 g/mol. The smallest absolute Gasteiger partial charge is 0.251 e. The molecule has 2 aromatic carbocycles. The third kappa shape index (κ3) is 6.53. The van der Waals surface area contributed by atoms with Crippen LogP contribution in [0, 0.1) is 11.3 Å². The number of nitrogens with one attached hydrogen (secondary N) is 2. The third-order valence-corrected chi connectivity index (χ3v) is 8.35. The molecule has 2 fully saturated rings. The van der Waals surface area contributed by atoms with Gasteiger partial charge in [-0.25, -0.2) is 0 Å². The largest absolute Gasteiger partial charge is 0.490 e. The summed E-state index contributed by atoms with van der Waals surface area (Å²) in [6.45, 7) is 6.68. The molecule has 1 aromatic heterocycles. The SMILES string of the molecule is CCC(CC)N1CCC(Oc2ccc(C(=N)c3cc(C(=O)NC(c4ccccn4)C4CC4)ccc3N)cc2)CC1. The number of carbonyl (C=O) groups excluding carboxylic acids is 1. The van der Waals surface area contributed by atoms with Crippen molar-refractivity contribution in [3.8, 4) is 5.75 Å². The van der Waals surface area contributed by atoms with Gasteiger partial charge >= 0.3 is 0 Å². The summed E-state index contributed by atoms with van der Waals surface area (Å²) in [5, 5.41) is 12.0. The van der Waals surface area contributed by atoms with Gasteiger partial charge in [0.15, 0.2) is 0 Å². The highest BCUT2D eigenvalue weighted by Gasteiger charge is 2.34. The highest BCUT2D eigenvalue weighted by atomic mass is 16.5. The van der Waals surface area contributed by atoms with E-state index in [2.05, 4.69) is 29.0 Å². The van der Waals surface area contributed by atoms with Gasteiger partial charge in [0.25, 0.3) is 5.91 Å². The van der Waals surface area contributed by atoms with Gasteiger partial charge in [0.2, 0.25) is 0 Å². The molecule has 0 spiro atoms. The topological polar surface area (TPSA) is 104 Å². The molecule has 1 saturated carbocycles. The Morgan fingerprint density at radius 2 is 1.73 bits per heavy atom. The number of amides is 1. The van der Waals surface area contributed by atoms with Crippen LogP contribution in [0.2, 0.25) is 0 Å². The maximum absolute atomic E-state index is 13.2. The van der Waals surface area contributed by atoms with E-state index in [0.717, 1.165) is 55.8 Å². The number of hydrogen-bond donors (Lipinski definition) is 3. The van der Waals surface area contributed by atoms with Gasteiger partial charge in [-0.3, -0.25) is 15.2 Å². The highest BCUT2D eigenvalue weighted by Crippen LogP contribution is 2.40. The van der Waals surface area contributed by atoms with Gasteiger partial charge < -0.3 is 20.7 Å². The minimum Gasteiger partial charge on any atom is -0.490 e. The van der Waals surface area contributed by atoms with Crippen molar-refractivity contribution in [2.45, 2.75) is 70.6 Å². The van der Waals surface area contributed by atoms with Gasteiger partial charge in [-0.2, -0.15) is 0 Å². The summed E-state index contributed by atoms with van der Waals surface area (Å²) in [7, 11) is 0. The molecule has 1 aliphatic heterocycles. The van der Waals surface area contributed by atoms with E-state index in [4.69, 9.17) is 15.9 Å². The number of carbonyl (C=O) groups is 1. The lowest BCUT2D eigenvalue weighted by Gasteiger charge is -2.37. The van der Waals surface area contributed by atoms with E-state index in [1.165, 1.54) is 12.8 Å². The molecule has 0 bridgehead atoms. The van der Waals surface area contributed by atoms with Crippen molar-refractivity contribution in [1.82, 2.24) is 15.2 Å². The summed E-state index contributed by atoms with van der Waals surface area (Å²) in [6.07, 6.45) is 8.58. The lowest BCUT2D eigenvalue weighted by atomic mass is 9.98. The van der Waals surface area contributed by atoms with Crippen LogP contribution in [-0.2, 0) is 0 Å². The van der Waals surface area contributed by atoms with Crippen LogP contribution in [0.4, 0.5) is 5.69 Å². The van der Waals surface area contributed by atoms with Gasteiger partial charge in [-0.05, 0) is 99.0 Å². The van der Waals surface area contributed by atoms with Gasteiger partial charge in [-0.1, -0.05) is 19.9 Å². The first-order valence-corrected chi connectivity index (χ1v) is 14.7. The number of piperidine rings is 1. The number of nitrogen functional groups attached to an aromatic ring is 1. The first kappa shape index (κ1) is 27.8. The van der Waals surface area contributed by atoms with Crippen molar-refractivity contribution in [2.24, 2.45) is 5.92 Å². The summed E-state index contributed by atoms with van der Waals surface area (Å²) in [5.74, 6) is 1.04. The molecule has 40 heavy (non-hydrogen) atoms. The number of benzene rings is 2. The Morgan fingerprint density at radius 3 is 2.35 bits per heavy atom. The Hall–Kier alpha value is -3.71. The van der Waals surface area contributed by atoms with Gasteiger partial charge in [-0.15, -0.1) is 0 Å². The first-order chi connectivity index (χ1) is 19.5. The molecule has 0 radical (unpaired) electrons. The van der Waals surface area contributed by atoms with Crippen molar-refractivity contribution in [2.75, 3.05) is 18.8 Å². The Kier molecular flexibility index (Phi) is 8.80. The van der Waals surface area contributed by atoms with Crippen molar-refractivity contribution >= 4 is 17.3 Å². The number of hydrogen-bond acceptors (Lipinski definition) is 6. The molecule has 1 amide bonds. The fourth-order valence-electron chi connectivity index (χ4n) is 5.77. The van der Waals surface area contributed by atoms with Crippen molar-refractivity contribution < 1.29 is 9.53 Å². The van der Waals surface area contributed by atoms with Crippen LogP contribution in [0.3, 0.4) is 0 Å². The minimum absolute atomic E-state index is 0.117. The predicted octanol–water partition coefficient (Wildman–Crippen LogP) is 5.99. The normalized spacial score (nSPS) is 17.0. The molecule has 2 heterocycles. The zero-order valence-corrected chi connectivity index (χ0v) is 23.6. The average Bonchev–Trinajstić information content (AvgIpc) is 3.83. The molecular formula is C33H41N5O2. The Bertz CT molecular complexity index is 1290. The van der Waals surface area contributed by atoms with Crippen LogP contribution < -0.4 is 15.8 Å². The molecule has 210 valence electrons. The van der Waals surface area contributed by atoms with E-state index in [1.54, 1.807) is 24.4 Å². The van der Waals surface area contributed by atoms with Gasteiger partial charge in [0, 0.05) is 47.7 Å². The summed E-state index contributed by atoms with van der Waals surface area (Å²) >= 11 is 0. The summed E-state index contributed by atoms with van der Waals surface area (Å²) in [5.41, 5.74) is 9.64. The number of anilines is 1. The molecule has 1 unspecified atom stereocenters. The van der Waals surface area contributed by atoms with Gasteiger partial charge in [0.05, 0.1) is 17.4 Å². The van der Waals surface area contributed by atoms with Crippen LogP contribution in [0.25, 0.3) is 0 Å². The lowest BCUT2D eigenvalue weighted by molar-refractivity contribution is 0.0726. The van der Waals surface area contributed by atoms with E-state index < -0.39 is 0 Å². The van der Waals surface area contributed by atoms with Crippen LogP contribution >= 0.6 is 0 Å². The van der Waals surface area contributed by atoms with E-state index in [0.29, 0.717) is 28.8 Å². The van der Waals surface area contributed by atoms with E-state index in [-0.39, 0.29) is 23.8 Å².